The van der Waals surface area contributed by atoms with E-state index in [0.717, 1.165) is 22.5 Å². The fraction of sp³-hybridized carbons (Fsp3) is 0.0417. The molecule has 0 radical (unpaired) electrons. The van der Waals surface area contributed by atoms with Gasteiger partial charge in [0.05, 0.1) is 12.8 Å². The van der Waals surface area contributed by atoms with Crippen molar-refractivity contribution in [2.75, 3.05) is 7.11 Å². The number of ether oxygens (including phenoxy) is 1. The number of nitrogens with zero attached hydrogens (tertiary/aromatic N) is 3. The van der Waals surface area contributed by atoms with E-state index in [2.05, 4.69) is 4.98 Å². The van der Waals surface area contributed by atoms with Gasteiger partial charge in [0, 0.05) is 35.3 Å². The van der Waals surface area contributed by atoms with E-state index in [1.165, 1.54) is 25.3 Å². The molecule has 0 spiro atoms. The van der Waals surface area contributed by atoms with Crippen molar-refractivity contribution >= 4 is 11.9 Å². The Morgan fingerprint density at radius 2 is 1.83 bits per heavy atom. The molecular formula is C24H19N3O3. The third kappa shape index (κ3) is 3.98. The number of aromatic nitrogens is 3. The number of methoxy groups -OCH3 is 1. The summed E-state index contributed by atoms with van der Waals surface area (Å²) in [5.41, 5.74) is 3.78. The molecule has 0 saturated carbocycles. The summed E-state index contributed by atoms with van der Waals surface area (Å²) in [5, 5.41) is 14.4. The van der Waals surface area contributed by atoms with Gasteiger partial charge in [-0.05, 0) is 54.6 Å². The zero-order valence-electron chi connectivity index (χ0n) is 16.3. The number of carbonyl (C=O) groups is 1. The van der Waals surface area contributed by atoms with Gasteiger partial charge in [0.1, 0.15) is 5.69 Å². The number of hydrogen-bond acceptors (Lipinski definition) is 5. The average Bonchev–Trinajstić information content (AvgIpc) is 3.23. The van der Waals surface area contributed by atoms with Gasteiger partial charge in [-0.15, -0.1) is 0 Å². The van der Waals surface area contributed by atoms with Crippen LogP contribution in [0.4, 0.5) is 0 Å². The summed E-state index contributed by atoms with van der Waals surface area (Å²) in [4.78, 5) is 16.7. The Morgan fingerprint density at radius 3 is 2.57 bits per heavy atom. The molecule has 0 unspecified atom stereocenters. The molecule has 6 nitrogen and oxygen atoms in total. The molecule has 0 amide bonds. The lowest BCUT2D eigenvalue weighted by Crippen LogP contribution is -1.95. The summed E-state index contributed by atoms with van der Waals surface area (Å²) in [6, 6.07) is 18.0. The van der Waals surface area contributed by atoms with Crippen molar-refractivity contribution in [1.82, 2.24) is 14.8 Å². The van der Waals surface area contributed by atoms with Crippen molar-refractivity contribution in [2.24, 2.45) is 0 Å². The zero-order chi connectivity index (χ0) is 20.9. The fourth-order valence-corrected chi connectivity index (χ4v) is 3.05. The number of aromatic hydroxyl groups is 1. The maximum absolute atomic E-state index is 12.7. The number of allylic oxidation sites excluding steroid dienone is 1. The Balaban J connectivity index is 1.70. The van der Waals surface area contributed by atoms with Crippen LogP contribution in [0, 0.1) is 0 Å². The van der Waals surface area contributed by atoms with Gasteiger partial charge < -0.3 is 9.84 Å². The molecule has 6 heteroatoms. The fourth-order valence-electron chi connectivity index (χ4n) is 3.05. The summed E-state index contributed by atoms with van der Waals surface area (Å²) in [6.45, 7) is 0. The highest BCUT2D eigenvalue weighted by atomic mass is 16.5. The van der Waals surface area contributed by atoms with Gasteiger partial charge in [0.2, 0.25) is 0 Å². The Kier molecular flexibility index (Phi) is 5.39. The first-order chi connectivity index (χ1) is 14.7. The van der Waals surface area contributed by atoms with Gasteiger partial charge >= 0.3 is 0 Å². The van der Waals surface area contributed by atoms with E-state index in [0.29, 0.717) is 5.56 Å². The maximum atomic E-state index is 12.7. The number of carbonyl (C=O) groups excluding carboxylic acids is 1. The molecule has 148 valence electrons. The maximum Gasteiger partial charge on any atom is 0.185 e. The van der Waals surface area contributed by atoms with Crippen molar-refractivity contribution in [1.29, 1.82) is 0 Å². The van der Waals surface area contributed by atoms with Crippen LogP contribution in [0.5, 0.6) is 11.5 Å². The summed E-state index contributed by atoms with van der Waals surface area (Å²) in [5.74, 6) is 0.0344. The Hall–Kier alpha value is -4.19. The van der Waals surface area contributed by atoms with Crippen LogP contribution in [0.1, 0.15) is 15.9 Å². The molecule has 30 heavy (non-hydrogen) atoms. The normalized spacial score (nSPS) is 11.0. The predicted molar refractivity (Wildman–Crippen MR) is 115 cm³/mol. The Labute approximate surface area is 173 Å². The molecule has 2 aromatic carbocycles. The van der Waals surface area contributed by atoms with E-state index < -0.39 is 0 Å². The standard InChI is InChI=1S/C24H19N3O3/c1-30-23-15-18(7-10-22(23)29)21(28)9-8-19-16-27(20-5-3-2-4-6-20)26-24(19)17-11-13-25-14-12-17/h2-16,29H,1H3. The SMILES string of the molecule is COc1cc(C(=O)C=Cc2cn(-c3ccccc3)nc2-c2ccncc2)ccc1O. The second-order valence-corrected chi connectivity index (χ2v) is 6.53. The summed E-state index contributed by atoms with van der Waals surface area (Å²) in [6.07, 6.45) is 8.52. The highest BCUT2D eigenvalue weighted by molar-refractivity contribution is 6.07. The molecule has 2 aromatic heterocycles. The van der Waals surface area contributed by atoms with Gasteiger partial charge in [-0.2, -0.15) is 5.10 Å². The van der Waals surface area contributed by atoms with Gasteiger partial charge in [-0.1, -0.05) is 18.2 Å². The predicted octanol–water partition coefficient (Wildman–Crippen LogP) is 4.54. The smallest absolute Gasteiger partial charge is 0.185 e. The molecule has 0 aliphatic rings. The number of phenolic OH excluding ortho intramolecular Hbond substituents is 1. The van der Waals surface area contributed by atoms with Gasteiger partial charge in [-0.3, -0.25) is 9.78 Å². The van der Waals surface area contributed by atoms with E-state index in [4.69, 9.17) is 9.84 Å². The van der Waals surface area contributed by atoms with Crippen LogP contribution in [-0.2, 0) is 0 Å². The average molecular weight is 397 g/mol. The monoisotopic (exact) mass is 397 g/mol. The van der Waals surface area contributed by atoms with E-state index in [1.807, 2.05) is 48.7 Å². The molecule has 0 saturated heterocycles. The van der Waals surface area contributed by atoms with Crippen LogP contribution in [0.25, 0.3) is 23.0 Å². The largest absolute Gasteiger partial charge is 0.504 e. The van der Waals surface area contributed by atoms with Crippen LogP contribution in [-0.4, -0.2) is 32.8 Å². The topological polar surface area (TPSA) is 77.2 Å². The van der Waals surface area contributed by atoms with Gasteiger partial charge in [0.15, 0.2) is 17.3 Å². The molecule has 1 N–H and O–H groups in total. The van der Waals surface area contributed by atoms with Crippen molar-refractivity contribution in [3.63, 3.8) is 0 Å². The summed E-state index contributed by atoms with van der Waals surface area (Å²) in [7, 11) is 1.44. The molecule has 0 bridgehead atoms. The van der Waals surface area contributed by atoms with E-state index in [-0.39, 0.29) is 17.3 Å². The summed E-state index contributed by atoms with van der Waals surface area (Å²) >= 11 is 0. The van der Waals surface area contributed by atoms with E-state index in [9.17, 15) is 9.90 Å². The Morgan fingerprint density at radius 1 is 1.07 bits per heavy atom. The zero-order valence-corrected chi connectivity index (χ0v) is 16.3. The number of hydrogen-bond donors (Lipinski definition) is 1. The van der Waals surface area contributed by atoms with Crippen molar-refractivity contribution in [3.05, 3.63) is 96.5 Å². The molecule has 4 rings (SSSR count). The lowest BCUT2D eigenvalue weighted by Gasteiger charge is -2.04. The second kappa shape index (κ2) is 8.45. The third-order valence-corrected chi connectivity index (χ3v) is 4.60. The molecule has 0 aliphatic heterocycles. The Bertz CT molecular complexity index is 1200. The highest BCUT2D eigenvalue weighted by Crippen LogP contribution is 2.27. The van der Waals surface area contributed by atoms with E-state index >= 15 is 0 Å². The third-order valence-electron chi connectivity index (χ3n) is 4.60. The van der Waals surface area contributed by atoms with Crippen molar-refractivity contribution in [2.45, 2.75) is 0 Å². The van der Waals surface area contributed by atoms with Crippen molar-refractivity contribution in [3.8, 4) is 28.4 Å². The van der Waals surface area contributed by atoms with Crippen LogP contribution >= 0.6 is 0 Å². The lowest BCUT2D eigenvalue weighted by molar-refractivity contribution is 0.104. The van der Waals surface area contributed by atoms with Gasteiger partial charge in [0.25, 0.3) is 0 Å². The molecule has 2 heterocycles. The number of rotatable bonds is 6. The molecular weight excluding hydrogens is 378 g/mol. The first-order valence-electron chi connectivity index (χ1n) is 9.30. The molecule has 0 aliphatic carbocycles. The summed E-state index contributed by atoms with van der Waals surface area (Å²) < 4.78 is 6.86. The first-order valence-corrected chi connectivity index (χ1v) is 9.30. The van der Waals surface area contributed by atoms with Crippen LogP contribution in [0.15, 0.2) is 85.3 Å². The first kappa shape index (κ1) is 19.1. The second-order valence-electron chi connectivity index (χ2n) is 6.53. The van der Waals surface area contributed by atoms with Gasteiger partial charge in [-0.25, -0.2) is 4.68 Å². The minimum atomic E-state index is -0.207. The number of para-hydroxylation sites is 1. The number of benzene rings is 2. The van der Waals surface area contributed by atoms with Crippen LogP contribution in [0.2, 0.25) is 0 Å². The van der Waals surface area contributed by atoms with Crippen LogP contribution < -0.4 is 4.74 Å². The molecule has 0 fully saturated rings. The number of ketones is 1. The molecule has 4 aromatic rings. The quantitative estimate of drug-likeness (QED) is 0.382. The highest BCUT2D eigenvalue weighted by Gasteiger charge is 2.12. The number of phenols is 1. The number of pyridine rings is 1. The minimum absolute atomic E-state index is 0.0119. The lowest BCUT2D eigenvalue weighted by atomic mass is 10.1. The minimum Gasteiger partial charge on any atom is -0.504 e. The van der Waals surface area contributed by atoms with Crippen LogP contribution in [0.3, 0.4) is 0 Å². The van der Waals surface area contributed by atoms with E-state index in [1.54, 1.807) is 29.2 Å². The van der Waals surface area contributed by atoms with Crippen molar-refractivity contribution < 1.29 is 14.6 Å². The molecule has 0 atom stereocenters.